The van der Waals surface area contributed by atoms with Crippen LogP contribution in [0, 0.1) is 12.7 Å². The number of ether oxygens (including phenoxy) is 1. The van der Waals surface area contributed by atoms with Gasteiger partial charge in [-0.1, -0.05) is 6.07 Å². The van der Waals surface area contributed by atoms with Gasteiger partial charge in [-0.3, -0.25) is 0 Å². The molecule has 2 N–H and O–H groups in total. The predicted molar refractivity (Wildman–Crippen MR) is 108 cm³/mol. The number of anilines is 1. The quantitative estimate of drug-likeness (QED) is 0.567. The molecule has 4 rings (SSSR count). The van der Waals surface area contributed by atoms with Crippen LogP contribution in [0.5, 0.6) is 5.75 Å². The first-order chi connectivity index (χ1) is 14.7. The molecule has 164 valence electrons. The molecule has 0 saturated heterocycles. The Balaban J connectivity index is 1.61. The number of aliphatic hydroxyl groups is 1. The monoisotopic (exact) mass is 435 g/mol. The van der Waals surface area contributed by atoms with E-state index in [2.05, 4.69) is 15.3 Å². The van der Waals surface area contributed by atoms with Gasteiger partial charge in [0.1, 0.15) is 17.4 Å². The van der Waals surface area contributed by atoms with Crippen LogP contribution < -0.4 is 10.1 Å². The van der Waals surface area contributed by atoms with Crippen LogP contribution in [-0.2, 0) is 0 Å². The molecule has 2 heterocycles. The first-order valence-electron chi connectivity index (χ1n) is 9.84. The fourth-order valence-corrected chi connectivity index (χ4v) is 3.89. The van der Waals surface area contributed by atoms with Crippen molar-refractivity contribution in [3.8, 4) is 5.75 Å². The van der Waals surface area contributed by atoms with Crippen molar-refractivity contribution >= 4 is 16.6 Å². The molecule has 1 aromatic heterocycles. The molecule has 0 spiro atoms. The molecule has 0 aliphatic carbocycles. The minimum atomic E-state index is -4.90. The number of alkyl halides is 3. The highest BCUT2D eigenvalue weighted by molar-refractivity contribution is 5.90. The van der Waals surface area contributed by atoms with Gasteiger partial charge in [-0.05, 0) is 56.0 Å². The molecule has 0 fully saturated rings. The van der Waals surface area contributed by atoms with Gasteiger partial charge in [0, 0.05) is 22.8 Å². The summed E-state index contributed by atoms with van der Waals surface area (Å²) < 4.78 is 61.0. The molecule has 1 aliphatic rings. The van der Waals surface area contributed by atoms with Gasteiger partial charge in [-0.2, -0.15) is 13.2 Å². The first-order valence-corrected chi connectivity index (χ1v) is 9.84. The number of nitrogens with zero attached hydrogens (tertiary/aromatic N) is 2. The van der Waals surface area contributed by atoms with Crippen LogP contribution >= 0.6 is 0 Å². The molecule has 5 nitrogen and oxygen atoms in total. The summed E-state index contributed by atoms with van der Waals surface area (Å²) in [6.07, 6.45) is -3.74. The summed E-state index contributed by atoms with van der Waals surface area (Å²) in [5, 5.41) is 14.0. The minimum Gasteiger partial charge on any atom is -0.493 e. The largest absolute Gasteiger partial charge is 0.493 e. The second-order valence-corrected chi connectivity index (χ2v) is 7.76. The Morgan fingerprint density at radius 2 is 2.03 bits per heavy atom. The van der Waals surface area contributed by atoms with E-state index in [4.69, 9.17) is 4.74 Å². The van der Waals surface area contributed by atoms with Gasteiger partial charge < -0.3 is 15.2 Å². The molecular weight excluding hydrogens is 414 g/mol. The van der Waals surface area contributed by atoms with E-state index in [-0.39, 0.29) is 13.0 Å². The zero-order valence-corrected chi connectivity index (χ0v) is 16.7. The SMILES string of the molecule is Cc1ncc2c(NCC(O)(CC3CCOc4ccc(F)cc43)C(F)(F)F)cccc2n1. The number of rotatable bonds is 5. The third-order valence-electron chi connectivity index (χ3n) is 5.56. The molecule has 1 aliphatic heterocycles. The average Bonchev–Trinajstić information content (AvgIpc) is 2.71. The van der Waals surface area contributed by atoms with E-state index < -0.39 is 36.5 Å². The molecule has 0 radical (unpaired) electrons. The lowest BCUT2D eigenvalue weighted by Crippen LogP contribution is -2.51. The first kappa shape index (κ1) is 21.3. The van der Waals surface area contributed by atoms with Crippen molar-refractivity contribution in [1.29, 1.82) is 0 Å². The van der Waals surface area contributed by atoms with Gasteiger partial charge in [0.2, 0.25) is 0 Å². The number of hydrogen-bond acceptors (Lipinski definition) is 5. The maximum Gasteiger partial charge on any atom is 0.418 e. The van der Waals surface area contributed by atoms with Crippen molar-refractivity contribution < 1.29 is 27.4 Å². The zero-order chi connectivity index (χ0) is 22.2. The average molecular weight is 435 g/mol. The van der Waals surface area contributed by atoms with Crippen LogP contribution in [0.15, 0.2) is 42.6 Å². The molecule has 2 atom stereocenters. The molecule has 3 aromatic rings. The highest BCUT2D eigenvalue weighted by Gasteiger charge is 2.54. The number of aromatic nitrogens is 2. The van der Waals surface area contributed by atoms with E-state index in [1.807, 2.05) is 0 Å². The lowest BCUT2D eigenvalue weighted by molar-refractivity contribution is -0.258. The zero-order valence-electron chi connectivity index (χ0n) is 16.7. The van der Waals surface area contributed by atoms with E-state index in [0.29, 0.717) is 33.7 Å². The maximum absolute atomic E-state index is 14.0. The number of benzene rings is 2. The topological polar surface area (TPSA) is 67.3 Å². The number of halogens is 4. The maximum atomic E-state index is 14.0. The smallest absolute Gasteiger partial charge is 0.418 e. The summed E-state index contributed by atoms with van der Waals surface area (Å²) in [5.74, 6) is -0.376. The Morgan fingerprint density at radius 1 is 1.23 bits per heavy atom. The summed E-state index contributed by atoms with van der Waals surface area (Å²) in [6.45, 7) is 1.15. The molecule has 0 saturated carbocycles. The van der Waals surface area contributed by atoms with Crippen LogP contribution in [0.2, 0.25) is 0 Å². The second kappa shape index (κ2) is 7.96. The lowest BCUT2D eigenvalue weighted by atomic mass is 9.82. The highest BCUT2D eigenvalue weighted by Crippen LogP contribution is 2.44. The fourth-order valence-electron chi connectivity index (χ4n) is 3.89. The summed E-state index contributed by atoms with van der Waals surface area (Å²) >= 11 is 0. The Labute approximate surface area is 176 Å². The summed E-state index contributed by atoms with van der Waals surface area (Å²) in [4.78, 5) is 8.37. The van der Waals surface area contributed by atoms with E-state index >= 15 is 0 Å². The van der Waals surface area contributed by atoms with Gasteiger partial charge in [0.25, 0.3) is 0 Å². The fraction of sp³-hybridized carbons (Fsp3) is 0.364. The van der Waals surface area contributed by atoms with Gasteiger partial charge in [-0.15, -0.1) is 0 Å². The standard InChI is InChI=1S/C22H21F4N3O2/c1-13-27-11-17-18(3-2-4-19(17)29-13)28-12-21(30,22(24,25)26)10-14-7-8-31-20-6-5-15(23)9-16(14)20/h2-6,9,11,14,28,30H,7-8,10,12H2,1H3. The van der Waals surface area contributed by atoms with Gasteiger partial charge >= 0.3 is 6.18 Å². The van der Waals surface area contributed by atoms with Crippen LogP contribution in [0.25, 0.3) is 10.9 Å². The molecule has 0 bridgehead atoms. The van der Waals surface area contributed by atoms with Crippen LogP contribution in [0.4, 0.5) is 23.2 Å². The molecule has 31 heavy (non-hydrogen) atoms. The Hall–Kier alpha value is -2.94. The number of nitrogens with one attached hydrogen (secondary N) is 1. The number of aryl methyl sites for hydroxylation is 1. The summed E-state index contributed by atoms with van der Waals surface area (Å²) in [6, 6.07) is 8.79. The Morgan fingerprint density at radius 3 is 2.81 bits per heavy atom. The van der Waals surface area contributed by atoms with Crippen LogP contribution in [0.3, 0.4) is 0 Å². The van der Waals surface area contributed by atoms with Crippen LogP contribution in [0.1, 0.15) is 30.1 Å². The Bertz CT molecular complexity index is 1110. The third-order valence-corrected chi connectivity index (χ3v) is 5.56. The molecule has 9 heteroatoms. The van der Waals surface area contributed by atoms with Crippen molar-refractivity contribution in [1.82, 2.24) is 9.97 Å². The predicted octanol–water partition coefficient (Wildman–Crippen LogP) is 4.74. The Kier molecular flexibility index (Phi) is 5.47. The van der Waals surface area contributed by atoms with E-state index in [0.717, 1.165) is 0 Å². The van der Waals surface area contributed by atoms with E-state index in [9.17, 15) is 22.7 Å². The van der Waals surface area contributed by atoms with Gasteiger partial charge in [0.15, 0.2) is 5.60 Å². The summed E-state index contributed by atoms with van der Waals surface area (Å²) in [5.41, 5.74) is -1.73. The number of fused-ring (bicyclic) bond motifs is 2. The van der Waals surface area contributed by atoms with Gasteiger partial charge in [-0.25, -0.2) is 14.4 Å². The minimum absolute atomic E-state index is 0.199. The second-order valence-electron chi connectivity index (χ2n) is 7.76. The third kappa shape index (κ3) is 4.27. The highest BCUT2D eigenvalue weighted by atomic mass is 19.4. The molecule has 0 amide bonds. The van der Waals surface area contributed by atoms with Crippen molar-refractivity contribution in [2.45, 2.75) is 37.5 Å². The molecule has 2 unspecified atom stereocenters. The normalized spacial score (nSPS) is 18.2. The van der Waals surface area contributed by atoms with Crippen molar-refractivity contribution in [3.05, 3.63) is 59.8 Å². The molecule has 2 aromatic carbocycles. The summed E-state index contributed by atoms with van der Waals surface area (Å²) in [7, 11) is 0. The van der Waals surface area contributed by atoms with E-state index in [1.165, 1.54) is 24.4 Å². The van der Waals surface area contributed by atoms with Crippen molar-refractivity contribution in [3.63, 3.8) is 0 Å². The van der Waals surface area contributed by atoms with Gasteiger partial charge in [0.05, 0.1) is 18.7 Å². The number of hydrogen-bond donors (Lipinski definition) is 2. The van der Waals surface area contributed by atoms with Crippen molar-refractivity contribution in [2.24, 2.45) is 0 Å². The van der Waals surface area contributed by atoms with Crippen LogP contribution in [-0.4, -0.2) is 40.0 Å². The lowest BCUT2D eigenvalue weighted by Gasteiger charge is -2.36. The van der Waals surface area contributed by atoms with Crippen molar-refractivity contribution in [2.75, 3.05) is 18.5 Å². The molecular formula is C22H21F4N3O2. The van der Waals surface area contributed by atoms with E-state index in [1.54, 1.807) is 25.1 Å².